The van der Waals surface area contributed by atoms with E-state index in [4.69, 9.17) is 0 Å². The lowest BCUT2D eigenvalue weighted by atomic mass is 9.84. The number of hydrogen-bond acceptors (Lipinski definition) is 0. The first-order valence-electron chi connectivity index (χ1n) is 10.4. The van der Waals surface area contributed by atoms with Gasteiger partial charge in [0.2, 0.25) is 0 Å². The van der Waals surface area contributed by atoms with Crippen LogP contribution in [0.5, 0.6) is 0 Å². The molecule has 0 saturated carbocycles. The minimum atomic E-state index is -4.37. The smallest absolute Gasteiger partial charge is 0.361 e. The van der Waals surface area contributed by atoms with Crippen LogP contribution in [0.4, 0.5) is 13.2 Å². The second-order valence-electron chi connectivity index (χ2n) is 7.89. The van der Waals surface area contributed by atoms with Crippen LogP contribution in [0, 0.1) is 0 Å². The number of alkyl halides is 3. The van der Waals surface area contributed by atoms with Gasteiger partial charge in [-0.15, -0.1) is 6.58 Å². The monoisotopic (exact) mass is 430 g/mol. The molecule has 0 saturated heterocycles. The van der Waals surface area contributed by atoms with Crippen molar-refractivity contribution in [1.29, 1.82) is 0 Å². The summed E-state index contributed by atoms with van der Waals surface area (Å²) in [6.45, 7) is 4.51. The van der Waals surface area contributed by atoms with Crippen molar-refractivity contribution < 1.29 is 13.2 Å². The van der Waals surface area contributed by atoms with Crippen molar-refractivity contribution in [3.05, 3.63) is 120 Å². The Kier molecular flexibility index (Phi) is 4.89. The van der Waals surface area contributed by atoms with Gasteiger partial charge in [-0.2, -0.15) is 13.2 Å². The largest absolute Gasteiger partial charge is 0.416 e. The van der Waals surface area contributed by atoms with Crippen molar-refractivity contribution in [2.24, 2.45) is 0 Å². The van der Waals surface area contributed by atoms with E-state index in [1.54, 1.807) is 12.1 Å². The third-order valence-electron chi connectivity index (χ3n) is 5.96. The zero-order chi connectivity index (χ0) is 22.3. The van der Waals surface area contributed by atoms with Gasteiger partial charge in [0.05, 0.1) is 5.56 Å². The molecule has 0 aliphatic rings. The average molecular weight is 430 g/mol. The third kappa shape index (κ3) is 3.40. The fourth-order valence-electron chi connectivity index (χ4n) is 4.52. The van der Waals surface area contributed by atoms with Gasteiger partial charge in [0.25, 0.3) is 0 Å². The third-order valence-corrected chi connectivity index (χ3v) is 5.96. The van der Waals surface area contributed by atoms with E-state index >= 15 is 0 Å². The summed E-state index contributed by atoms with van der Waals surface area (Å²) < 4.78 is 41.7. The highest BCUT2D eigenvalue weighted by atomic mass is 19.4. The number of nitrogens with one attached hydrogen (secondary N) is 1. The Labute approximate surface area is 183 Å². The van der Waals surface area contributed by atoms with Crippen molar-refractivity contribution in [2.75, 3.05) is 0 Å². The van der Waals surface area contributed by atoms with Crippen LogP contribution < -0.4 is 0 Å². The summed E-state index contributed by atoms with van der Waals surface area (Å²) in [6, 6.07) is 21.6. The van der Waals surface area contributed by atoms with Gasteiger partial charge >= 0.3 is 6.18 Å². The molecular weight excluding hydrogens is 409 g/mol. The molecule has 0 aliphatic carbocycles. The van der Waals surface area contributed by atoms with Gasteiger partial charge in [-0.3, -0.25) is 0 Å². The lowest BCUT2D eigenvalue weighted by Gasteiger charge is -2.18. The predicted octanol–water partition coefficient (Wildman–Crippen LogP) is 7.51. The van der Waals surface area contributed by atoms with E-state index < -0.39 is 11.7 Å². The molecule has 3 aromatic carbocycles. The summed E-state index contributed by atoms with van der Waals surface area (Å²) in [7, 11) is 0. The quantitative estimate of drug-likeness (QED) is 0.279. The van der Waals surface area contributed by atoms with Gasteiger partial charge in [0.1, 0.15) is 0 Å². The van der Waals surface area contributed by atoms with Crippen LogP contribution in [0.1, 0.15) is 28.2 Å². The first-order chi connectivity index (χ1) is 15.5. The van der Waals surface area contributed by atoms with Crippen molar-refractivity contribution >= 4 is 21.8 Å². The average Bonchev–Trinajstić information content (AvgIpc) is 3.37. The molecule has 0 amide bonds. The maximum Gasteiger partial charge on any atom is 0.416 e. The van der Waals surface area contributed by atoms with Crippen LogP contribution in [-0.2, 0) is 12.7 Å². The molecule has 32 heavy (non-hydrogen) atoms. The van der Waals surface area contributed by atoms with E-state index in [0.717, 1.165) is 38.5 Å². The van der Waals surface area contributed by atoms with Crippen molar-refractivity contribution in [3.8, 4) is 0 Å². The van der Waals surface area contributed by atoms with Crippen LogP contribution in [0.25, 0.3) is 21.8 Å². The Bertz CT molecular complexity index is 1400. The van der Waals surface area contributed by atoms with E-state index in [9.17, 15) is 13.2 Å². The minimum Gasteiger partial charge on any atom is -0.361 e. The molecule has 0 aliphatic heterocycles. The number of para-hydroxylation sites is 2. The number of aromatic nitrogens is 2. The van der Waals surface area contributed by atoms with E-state index in [1.165, 1.54) is 12.1 Å². The zero-order valence-electron chi connectivity index (χ0n) is 17.2. The van der Waals surface area contributed by atoms with Crippen LogP contribution in [-0.4, -0.2) is 9.55 Å². The van der Waals surface area contributed by atoms with Gasteiger partial charge in [-0.25, -0.2) is 0 Å². The maximum absolute atomic E-state index is 13.2. The number of halogens is 3. The number of nitrogens with zero attached hydrogens (tertiary/aromatic N) is 1. The first kappa shape index (κ1) is 20.2. The molecule has 0 fully saturated rings. The number of H-pyrrole nitrogens is 1. The van der Waals surface area contributed by atoms with Crippen molar-refractivity contribution in [2.45, 2.75) is 18.6 Å². The highest BCUT2D eigenvalue weighted by Crippen LogP contribution is 2.41. The molecule has 1 unspecified atom stereocenters. The number of benzene rings is 3. The van der Waals surface area contributed by atoms with Crippen LogP contribution >= 0.6 is 0 Å². The molecule has 160 valence electrons. The lowest BCUT2D eigenvalue weighted by Crippen LogP contribution is -2.07. The summed E-state index contributed by atoms with van der Waals surface area (Å²) in [4.78, 5) is 3.32. The van der Waals surface area contributed by atoms with E-state index in [-0.39, 0.29) is 5.92 Å². The van der Waals surface area contributed by atoms with Crippen LogP contribution in [0.2, 0.25) is 0 Å². The Morgan fingerprint density at radius 1 is 0.875 bits per heavy atom. The lowest BCUT2D eigenvalue weighted by molar-refractivity contribution is -0.137. The molecule has 5 aromatic rings. The zero-order valence-corrected chi connectivity index (χ0v) is 17.2. The normalized spacial score (nSPS) is 13.0. The SMILES string of the molecule is C=CCn1cc(C(c2ccc(C(F)(F)F)cc2)c2c[nH]c3ccccc23)c2ccccc21. The molecular formula is C27H21F3N2. The molecule has 5 rings (SSSR count). The number of allylic oxidation sites excluding steroid dienone is 1. The Hall–Kier alpha value is -3.73. The predicted molar refractivity (Wildman–Crippen MR) is 123 cm³/mol. The number of rotatable bonds is 5. The standard InChI is InChI=1S/C27H21F3N2/c1-2-15-32-17-23(21-8-4-6-10-25(21)32)26(18-11-13-19(14-12-18)27(28,29)30)22-16-31-24-9-5-3-7-20(22)24/h2-14,16-17,26,31H,1,15H2. The second-order valence-corrected chi connectivity index (χ2v) is 7.89. The van der Waals surface area contributed by atoms with Gasteiger partial charge in [-0.05, 0) is 41.0 Å². The molecule has 1 N–H and O–H groups in total. The molecule has 0 radical (unpaired) electrons. The van der Waals surface area contributed by atoms with Crippen LogP contribution in [0.15, 0.2) is 97.8 Å². The molecule has 0 spiro atoms. The molecule has 2 aromatic heterocycles. The molecule has 5 heteroatoms. The van der Waals surface area contributed by atoms with E-state index in [1.807, 2.05) is 48.7 Å². The van der Waals surface area contributed by atoms with Crippen molar-refractivity contribution in [3.63, 3.8) is 0 Å². The number of fused-ring (bicyclic) bond motifs is 2. The summed E-state index contributed by atoms with van der Waals surface area (Å²) in [6.07, 6.45) is 1.53. The maximum atomic E-state index is 13.2. The Morgan fingerprint density at radius 3 is 2.28 bits per heavy atom. The summed E-state index contributed by atoms with van der Waals surface area (Å²) >= 11 is 0. The van der Waals surface area contributed by atoms with Crippen molar-refractivity contribution in [1.82, 2.24) is 9.55 Å². The van der Waals surface area contributed by atoms with E-state index in [2.05, 4.69) is 34.5 Å². The fraction of sp³-hybridized carbons (Fsp3) is 0.111. The molecule has 1 atom stereocenters. The second kappa shape index (κ2) is 7.75. The van der Waals surface area contributed by atoms with Gasteiger partial charge < -0.3 is 9.55 Å². The highest BCUT2D eigenvalue weighted by Gasteiger charge is 2.31. The highest BCUT2D eigenvalue weighted by molar-refractivity contribution is 5.89. The molecule has 2 heterocycles. The topological polar surface area (TPSA) is 20.7 Å². The summed E-state index contributed by atoms with van der Waals surface area (Å²) in [5.74, 6) is -0.232. The Morgan fingerprint density at radius 2 is 1.56 bits per heavy atom. The fourth-order valence-corrected chi connectivity index (χ4v) is 4.52. The van der Waals surface area contributed by atoms with Crippen LogP contribution in [0.3, 0.4) is 0 Å². The van der Waals surface area contributed by atoms with Gasteiger partial charge in [-0.1, -0.05) is 54.6 Å². The van der Waals surface area contributed by atoms with Gasteiger partial charge in [0.15, 0.2) is 0 Å². The summed E-state index contributed by atoms with van der Waals surface area (Å²) in [5, 5.41) is 2.13. The first-order valence-corrected chi connectivity index (χ1v) is 10.4. The molecule has 0 bridgehead atoms. The minimum absolute atomic E-state index is 0.232. The number of aromatic amines is 1. The van der Waals surface area contributed by atoms with Gasteiger partial charge in [0, 0.05) is 46.7 Å². The summed E-state index contributed by atoms with van der Waals surface area (Å²) in [5.41, 5.74) is 4.31. The van der Waals surface area contributed by atoms with E-state index in [0.29, 0.717) is 6.54 Å². The Balaban J connectivity index is 1.76. The molecule has 2 nitrogen and oxygen atoms in total. The number of hydrogen-bond donors (Lipinski definition) is 1.